The summed E-state index contributed by atoms with van der Waals surface area (Å²) in [5.41, 5.74) is 3.49. The molecule has 19 heavy (non-hydrogen) atoms. The van der Waals surface area contributed by atoms with Crippen molar-refractivity contribution in [2.45, 2.75) is 33.1 Å². The lowest BCUT2D eigenvalue weighted by molar-refractivity contribution is 0.592. The van der Waals surface area contributed by atoms with Crippen LogP contribution >= 0.6 is 15.9 Å². The van der Waals surface area contributed by atoms with Crippen LogP contribution in [0.1, 0.15) is 32.0 Å². The van der Waals surface area contributed by atoms with Gasteiger partial charge in [0.15, 0.2) is 0 Å². The lowest BCUT2D eigenvalue weighted by atomic mass is 9.86. The lowest BCUT2D eigenvalue weighted by Gasteiger charge is -2.23. The zero-order valence-electron chi connectivity index (χ0n) is 11.8. The van der Waals surface area contributed by atoms with Gasteiger partial charge in [0, 0.05) is 10.2 Å². The number of halogens is 1. The van der Waals surface area contributed by atoms with E-state index >= 15 is 0 Å². The summed E-state index contributed by atoms with van der Waals surface area (Å²) >= 11 is 3.47. The van der Waals surface area contributed by atoms with Crippen molar-refractivity contribution in [1.82, 2.24) is 4.98 Å². The zero-order valence-corrected chi connectivity index (χ0v) is 13.4. The van der Waals surface area contributed by atoms with Crippen molar-refractivity contribution in [3.05, 3.63) is 52.1 Å². The maximum Gasteiger partial charge on any atom is 0.130 e. The van der Waals surface area contributed by atoms with E-state index in [1.54, 1.807) is 0 Å². The van der Waals surface area contributed by atoms with Crippen LogP contribution in [0.3, 0.4) is 0 Å². The SMILES string of the molecule is Cc1nc(Nc2ccccc2C(C)(C)C)ccc1Br. The van der Waals surface area contributed by atoms with Crippen molar-refractivity contribution in [3.63, 3.8) is 0 Å². The first-order valence-corrected chi connectivity index (χ1v) is 7.17. The van der Waals surface area contributed by atoms with Crippen molar-refractivity contribution in [2.75, 3.05) is 5.32 Å². The van der Waals surface area contributed by atoms with Crippen LogP contribution in [0.5, 0.6) is 0 Å². The molecule has 2 aromatic rings. The van der Waals surface area contributed by atoms with Gasteiger partial charge in [-0.1, -0.05) is 39.0 Å². The van der Waals surface area contributed by atoms with E-state index in [1.165, 1.54) is 5.56 Å². The van der Waals surface area contributed by atoms with E-state index in [1.807, 2.05) is 25.1 Å². The number of benzene rings is 1. The molecule has 1 aromatic carbocycles. The van der Waals surface area contributed by atoms with Crippen molar-refractivity contribution in [2.24, 2.45) is 0 Å². The molecular weight excluding hydrogens is 300 g/mol. The fourth-order valence-electron chi connectivity index (χ4n) is 2.00. The quantitative estimate of drug-likeness (QED) is 0.823. The molecule has 1 aromatic heterocycles. The predicted octanol–water partition coefficient (Wildman–Crippen LogP) is 5.19. The molecule has 100 valence electrons. The highest BCUT2D eigenvalue weighted by molar-refractivity contribution is 9.10. The fourth-order valence-corrected chi connectivity index (χ4v) is 2.22. The molecular formula is C16H19BrN2. The van der Waals surface area contributed by atoms with Crippen LogP contribution in [0, 0.1) is 6.92 Å². The first kappa shape index (κ1) is 14.1. The number of aromatic nitrogens is 1. The van der Waals surface area contributed by atoms with Crippen molar-refractivity contribution in [3.8, 4) is 0 Å². The standard InChI is InChI=1S/C16H19BrN2/c1-11-13(17)9-10-15(18-11)19-14-8-6-5-7-12(14)16(2,3)4/h5-10H,1-4H3,(H,18,19). The number of anilines is 2. The average Bonchev–Trinajstić information content (AvgIpc) is 2.33. The highest BCUT2D eigenvalue weighted by Crippen LogP contribution is 2.31. The maximum absolute atomic E-state index is 4.53. The Morgan fingerprint density at radius 1 is 1.05 bits per heavy atom. The van der Waals surface area contributed by atoms with E-state index in [4.69, 9.17) is 0 Å². The topological polar surface area (TPSA) is 24.9 Å². The van der Waals surface area contributed by atoms with Gasteiger partial charge in [0.25, 0.3) is 0 Å². The lowest BCUT2D eigenvalue weighted by Crippen LogP contribution is -2.13. The summed E-state index contributed by atoms with van der Waals surface area (Å²) in [6.45, 7) is 8.64. The summed E-state index contributed by atoms with van der Waals surface area (Å²) in [7, 11) is 0. The van der Waals surface area contributed by atoms with Gasteiger partial charge < -0.3 is 5.32 Å². The number of hydrogen-bond acceptors (Lipinski definition) is 2. The van der Waals surface area contributed by atoms with Gasteiger partial charge in [-0.15, -0.1) is 0 Å². The highest BCUT2D eigenvalue weighted by atomic mass is 79.9. The molecule has 2 nitrogen and oxygen atoms in total. The number of nitrogens with one attached hydrogen (secondary N) is 1. The number of hydrogen-bond donors (Lipinski definition) is 1. The normalized spacial score (nSPS) is 11.4. The summed E-state index contributed by atoms with van der Waals surface area (Å²) in [5, 5.41) is 3.42. The van der Waals surface area contributed by atoms with Gasteiger partial charge >= 0.3 is 0 Å². The smallest absolute Gasteiger partial charge is 0.130 e. The van der Waals surface area contributed by atoms with Gasteiger partial charge in [-0.05, 0) is 52.0 Å². The number of rotatable bonds is 2. The third-order valence-electron chi connectivity index (χ3n) is 3.02. The number of pyridine rings is 1. The second-order valence-corrected chi connectivity index (χ2v) is 6.54. The first-order chi connectivity index (χ1) is 8.88. The maximum atomic E-state index is 4.53. The molecule has 0 radical (unpaired) electrons. The summed E-state index contributed by atoms with van der Waals surface area (Å²) in [5.74, 6) is 0.873. The Hall–Kier alpha value is -1.35. The van der Waals surface area contributed by atoms with Crippen LogP contribution in [0.15, 0.2) is 40.9 Å². The van der Waals surface area contributed by atoms with Gasteiger partial charge in [-0.2, -0.15) is 0 Å². The Bertz CT molecular complexity index is 586. The Morgan fingerprint density at radius 2 is 1.74 bits per heavy atom. The molecule has 1 heterocycles. The first-order valence-electron chi connectivity index (χ1n) is 6.37. The molecule has 0 saturated heterocycles. The van der Waals surface area contributed by atoms with Crippen LogP contribution in [-0.2, 0) is 5.41 Å². The monoisotopic (exact) mass is 318 g/mol. The van der Waals surface area contributed by atoms with Gasteiger partial charge in [0.05, 0.1) is 5.69 Å². The van der Waals surface area contributed by atoms with Crippen molar-refractivity contribution < 1.29 is 0 Å². The molecule has 0 spiro atoms. The number of nitrogens with zero attached hydrogens (tertiary/aromatic N) is 1. The van der Waals surface area contributed by atoms with Gasteiger partial charge in [0.1, 0.15) is 5.82 Å². The van der Waals surface area contributed by atoms with E-state index in [-0.39, 0.29) is 5.41 Å². The molecule has 3 heteroatoms. The minimum Gasteiger partial charge on any atom is -0.340 e. The number of para-hydroxylation sites is 1. The minimum atomic E-state index is 0.105. The van der Waals surface area contributed by atoms with E-state index in [0.29, 0.717) is 0 Å². The van der Waals surface area contributed by atoms with E-state index in [2.05, 4.69) is 65.2 Å². The molecule has 0 aliphatic carbocycles. The molecule has 0 atom stereocenters. The van der Waals surface area contributed by atoms with Crippen LogP contribution in [0.4, 0.5) is 11.5 Å². The molecule has 0 fully saturated rings. The summed E-state index contributed by atoms with van der Waals surface area (Å²) in [4.78, 5) is 4.53. The average molecular weight is 319 g/mol. The van der Waals surface area contributed by atoms with E-state index in [9.17, 15) is 0 Å². The third-order valence-corrected chi connectivity index (χ3v) is 3.86. The Balaban J connectivity index is 2.36. The van der Waals surface area contributed by atoms with Gasteiger partial charge in [0.2, 0.25) is 0 Å². The van der Waals surface area contributed by atoms with Crippen molar-refractivity contribution in [1.29, 1.82) is 0 Å². The Labute approximate surface area is 123 Å². The Kier molecular flexibility index (Phi) is 3.95. The van der Waals surface area contributed by atoms with Crippen molar-refractivity contribution >= 4 is 27.4 Å². The van der Waals surface area contributed by atoms with Gasteiger partial charge in [-0.25, -0.2) is 4.98 Å². The van der Waals surface area contributed by atoms with Crippen LogP contribution in [0.25, 0.3) is 0 Å². The predicted molar refractivity (Wildman–Crippen MR) is 85.1 cm³/mol. The molecule has 0 unspecified atom stereocenters. The molecule has 1 N–H and O–H groups in total. The Morgan fingerprint density at radius 3 is 2.37 bits per heavy atom. The second-order valence-electron chi connectivity index (χ2n) is 5.68. The third kappa shape index (κ3) is 3.35. The van der Waals surface area contributed by atoms with Crippen LogP contribution in [-0.4, -0.2) is 4.98 Å². The fraction of sp³-hybridized carbons (Fsp3) is 0.312. The minimum absolute atomic E-state index is 0.105. The molecule has 0 bridgehead atoms. The summed E-state index contributed by atoms with van der Waals surface area (Å²) in [6.07, 6.45) is 0. The van der Waals surface area contributed by atoms with Crippen LogP contribution < -0.4 is 5.32 Å². The molecule has 0 aliphatic heterocycles. The van der Waals surface area contributed by atoms with Gasteiger partial charge in [-0.3, -0.25) is 0 Å². The van der Waals surface area contributed by atoms with Crippen LogP contribution in [0.2, 0.25) is 0 Å². The molecule has 0 amide bonds. The number of aryl methyl sites for hydroxylation is 1. The molecule has 0 saturated carbocycles. The largest absolute Gasteiger partial charge is 0.340 e. The second kappa shape index (κ2) is 5.33. The molecule has 2 rings (SSSR count). The van der Waals surface area contributed by atoms with E-state index in [0.717, 1.165) is 21.7 Å². The summed E-state index contributed by atoms with van der Waals surface area (Å²) in [6, 6.07) is 12.4. The molecule has 0 aliphatic rings. The van der Waals surface area contributed by atoms with E-state index < -0.39 is 0 Å². The summed E-state index contributed by atoms with van der Waals surface area (Å²) < 4.78 is 1.03. The highest BCUT2D eigenvalue weighted by Gasteiger charge is 2.17. The zero-order chi connectivity index (χ0) is 14.0.